The smallest absolute Gasteiger partial charge is 0.347 e. The van der Waals surface area contributed by atoms with Crippen molar-refractivity contribution >= 4 is 17.9 Å². The Bertz CT molecular complexity index is 600. The highest BCUT2D eigenvalue weighted by atomic mass is 16.5. The van der Waals surface area contributed by atoms with Crippen molar-refractivity contribution < 1.29 is 19.0 Å². The first kappa shape index (κ1) is 13.9. The van der Waals surface area contributed by atoms with Gasteiger partial charge in [0.25, 0.3) is 0 Å². The molecule has 5 nitrogen and oxygen atoms in total. The molecule has 0 fully saturated rings. The molecule has 0 bridgehead atoms. The number of ether oxygens (including phenoxy) is 3. The van der Waals surface area contributed by atoms with E-state index in [0.717, 1.165) is 5.56 Å². The molecule has 1 aliphatic rings. The monoisotopic (exact) mass is 273 g/mol. The van der Waals surface area contributed by atoms with Crippen LogP contribution in [0.4, 0.5) is 0 Å². The first-order valence-corrected chi connectivity index (χ1v) is 5.98. The molecule has 0 amide bonds. The number of carbonyl (C=O) groups excluding carboxylic acids is 1. The average Bonchev–Trinajstić information content (AvgIpc) is 2.85. The van der Waals surface area contributed by atoms with Crippen LogP contribution in [0.15, 0.2) is 52.4 Å². The lowest BCUT2D eigenvalue weighted by Crippen LogP contribution is -2.15. The van der Waals surface area contributed by atoms with Gasteiger partial charge in [-0.1, -0.05) is 30.3 Å². The molecule has 5 heteroatoms. The van der Waals surface area contributed by atoms with Crippen LogP contribution in [0.2, 0.25) is 0 Å². The molecular weight excluding hydrogens is 258 g/mol. The standard InChI is InChI=1S/C15H15NO4/c1-18-13-11(9-10-7-5-4-6-8-10)16-14(19-2)12(13)15(17)20-3/h4-9H,1-3H3/b11-9-. The van der Waals surface area contributed by atoms with Crippen LogP contribution in [-0.4, -0.2) is 33.2 Å². The minimum atomic E-state index is -0.543. The Hall–Kier alpha value is -2.56. The van der Waals surface area contributed by atoms with Gasteiger partial charge in [-0.15, -0.1) is 0 Å². The molecule has 1 heterocycles. The third-order valence-corrected chi connectivity index (χ3v) is 2.79. The molecule has 0 aliphatic carbocycles. The molecule has 2 rings (SSSR count). The van der Waals surface area contributed by atoms with Crippen LogP contribution in [0.5, 0.6) is 0 Å². The number of nitrogens with zero attached hydrogens (tertiary/aromatic N) is 1. The van der Waals surface area contributed by atoms with Crippen LogP contribution >= 0.6 is 0 Å². The van der Waals surface area contributed by atoms with Gasteiger partial charge in [0.1, 0.15) is 5.70 Å². The summed E-state index contributed by atoms with van der Waals surface area (Å²) in [5.41, 5.74) is 1.66. The molecule has 1 aromatic carbocycles. The molecule has 0 atom stereocenters. The molecule has 1 aliphatic heterocycles. The summed E-state index contributed by atoms with van der Waals surface area (Å²) in [6.07, 6.45) is 1.81. The van der Waals surface area contributed by atoms with E-state index < -0.39 is 5.97 Å². The molecule has 0 spiro atoms. The quantitative estimate of drug-likeness (QED) is 0.792. The Morgan fingerprint density at radius 3 is 2.35 bits per heavy atom. The predicted molar refractivity (Wildman–Crippen MR) is 74.9 cm³/mol. The summed E-state index contributed by atoms with van der Waals surface area (Å²) in [4.78, 5) is 16.1. The molecule has 0 saturated carbocycles. The van der Waals surface area contributed by atoms with Gasteiger partial charge in [0.2, 0.25) is 5.90 Å². The summed E-state index contributed by atoms with van der Waals surface area (Å²) < 4.78 is 15.1. The van der Waals surface area contributed by atoms with Gasteiger partial charge in [-0.3, -0.25) is 0 Å². The fourth-order valence-electron chi connectivity index (χ4n) is 1.88. The van der Waals surface area contributed by atoms with Crippen molar-refractivity contribution in [2.45, 2.75) is 0 Å². The molecular formula is C15H15NO4. The van der Waals surface area contributed by atoms with E-state index in [0.29, 0.717) is 11.5 Å². The number of benzene rings is 1. The first-order valence-electron chi connectivity index (χ1n) is 5.98. The SMILES string of the molecule is COC(=O)C1=C(OC)/C(=C/c2ccccc2)N=C1OC. The molecule has 0 unspecified atom stereocenters. The van der Waals surface area contributed by atoms with Gasteiger partial charge in [0.05, 0.1) is 21.3 Å². The number of methoxy groups -OCH3 is 3. The maximum Gasteiger partial charge on any atom is 0.347 e. The Labute approximate surface area is 117 Å². The van der Waals surface area contributed by atoms with E-state index in [1.807, 2.05) is 36.4 Å². The summed E-state index contributed by atoms with van der Waals surface area (Å²) in [5.74, 6) is -0.00709. The number of hydrogen-bond donors (Lipinski definition) is 0. The number of hydrogen-bond acceptors (Lipinski definition) is 5. The van der Waals surface area contributed by atoms with Gasteiger partial charge in [0, 0.05) is 0 Å². The van der Waals surface area contributed by atoms with E-state index in [4.69, 9.17) is 14.2 Å². The third-order valence-electron chi connectivity index (χ3n) is 2.79. The average molecular weight is 273 g/mol. The van der Waals surface area contributed by atoms with E-state index >= 15 is 0 Å². The zero-order valence-electron chi connectivity index (χ0n) is 11.5. The third kappa shape index (κ3) is 2.56. The molecule has 0 saturated heterocycles. The number of aliphatic imine (C=N–C) groups is 1. The summed E-state index contributed by atoms with van der Waals surface area (Å²) in [5, 5.41) is 0. The molecule has 104 valence electrons. The second-order valence-corrected chi connectivity index (χ2v) is 3.96. The predicted octanol–water partition coefficient (Wildman–Crippen LogP) is 2.16. The van der Waals surface area contributed by atoms with Gasteiger partial charge in [-0.05, 0) is 11.6 Å². The Balaban J connectivity index is 2.50. The van der Waals surface area contributed by atoms with Crippen molar-refractivity contribution in [3.63, 3.8) is 0 Å². The number of carbonyl (C=O) groups is 1. The van der Waals surface area contributed by atoms with Gasteiger partial charge in [-0.2, -0.15) is 0 Å². The minimum Gasteiger partial charge on any atom is -0.493 e. The van der Waals surface area contributed by atoms with Crippen molar-refractivity contribution in [3.05, 3.63) is 52.9 Å². The van der Waals surface area contributed by atoms with Gasteiger partial charge < -0.3 is 14.2 Å². The van der Waals surface area contributed by atoms with Crippen molar-refractivity contribution in [2.24, 2.45) is 4.99 Å². The summed E-state index contributed by atoms with van der Waals surface area (Å²) in [7, 11) is 4.22. The van der Waals surface area contributed by atoms with E-state index in [1.165, 1.54) is 21.3 Å². The second-order valence-electron chi connectivity index (χ2n) is 3.96. The Morgan fingerprint density at radius 1 is 1.10 bits per heavy atom. The van der Waals surface area contributed by atoms with Gasteiger partial charge >= 0.3 is 5.97 Å². The molecule has 1 aromatic rings. The molecule has 20 heavy (non-hydrogen) atoms. The summed E-state index contributed by atoms with van der Waals surface area (Å²) in [6.45, 7) is 0. The Kier molecular flexibility index (Phi) is 4.20. The van der Waals surface area contributed by atoms with Crippen molar-refractivity contribution in [1.29, 1.82) is 0 Å². The highest BCUT2D eigenvalue weighted by Gasteiger charge is 2.32. The Morgan fingerprint density at radius 2 is 1.80 bits per heavy atom. The van der Waals surface area contributed by atoms with Crippen molar-refractivity contribution in [2.75, 3.05) is 21.3 Å². The fourth-order valence-corrected chi connectivity index (χ4v) is 1.88. The minimum absolute atomic E-state index is 0.191. The maximum absolute atomic E-state index is 11.8. The van der Waals surface area contributed by atoms with E-state index in [9.17, 15) is 4.79 Å². The summed E-state index contributed by atoms with van der Waals surface area (Å²) in [6, 6.07) is 9.61. The highest BCUT2D eigenvalue weighted by molar-refractivity contribution is 6.19. The topological polar surface area (TPSA) is 57.1 Å². The zero-order valence-corrected chi connectivity index (χ0v) is 11.5. The number of rotatable bonds is 3. The lowest BCUT2D eigenvalue weighted by atomic mass is 10.1. The van der Waals surface area contributed by atoms with Gasteiger partial charge in [0.15, 0.2) is 11.3 Å². The largest absolute Gasteiger partial charge is 0.493 e. The van der Waals surface area contributed by atoms with Crippen LogP contribution in [0.25, 0.3) is 6.08 Å². The van der Waals surface area contributed by atoms with Crippen molar-refractivity contribution in [1.82, 2.24) is 0 Å². The van der Waals surface area contributed by atoms with Crippen LogP contribution in [0.3, 0.4) is 0 Å². The van der Waals surface area contributed by atoms with Crippen LogP contribution in [-0.2, 0) is 19.0 Å². The highest BCUT2D eigenvalue weighted by Crippen LogP contribution is 2.28. The van der Waals surface area contributed by atoms with E-state index in [2.05, 4.69) is 4.99 Å². The van der Waals surface area contributed by atoms with Crippen LogP contribution in [0.1, 0.15) is 5.56 Å². The summed E-state index contributed by atoms with van der Waals surface area (Å²) >= 11 is 0. The molecule has 0 aromatic heterocycles. The van der Waals surface area contributed by atoms with Crippen LogP contribution in [0, 0.1) is 0 Å². The zero-order chi connectivity index (χ0) is 14.5. The molecule has 0 radical (unpaired) electrons. The lowest BCUT2D eigenvalue weighted by molar-refractivity contribution is -0.135. The van der Waals surface area contributed by atoms with Crippen molar-refractivity contribution in [3.8, 4) is 0 Å². The van der Waals surface area contributed by atoms with Gasteiger partial charge in [-0.25, -0.2) is 9.79 Å². The van der Waals surface area contributed by atoms with E-state index in [-0.39, 0.29) is 11.5 Å². The first-order chi connectivity index (χ1) is 9.71. The lowest BCUT2D eigenvalue weighted by Gasteiger charge is -2.05. The number of esters is 1. The second kappa shape index (κ2) is 6.06. The van der Waals surface area contributed by atoms with E-state index in [1.54, 1.807) is 0 Å². The maximum atomic E-state index is 11.8. The normalized spacial score (nSPS) is 16.1. The molecule has 0 N–H and O–H groups in total. The van der Waals surface area contributed by atoms with Crippen LogP contribution < -0.4 is 0 Å². The fraction of sp³-hybridized carbons (Fsp3) is 0.200.